The molecule has 1 aliphatic heterocycles. The number of hydrogen-bond donors (Lipinski definition) is 0. The van der Waals surface area contributed by atoms with E-state index in [0.717, 1.165) is 31.2 Å². The van der Waals surface area contributed by atoms with Gasteiger partial charge < -0.3 is 14.2 Å². The van der Waals surface area contributed by atoms with Crippen molar-refractivity contribution >= 4 is 0 Å². The summed E-state index contributed by atoms with van der Waals surface area (Å²) in [5, 5.41) is 4.05. The van der Waals surface area contributed by atoms with Crippen molar-refractivity contribution in [3.8, 4) is 5.75 Å². The lowest BCUT2D eigenvalue weighted by Gasteiger charge is -2.30. The van der Waals surface area contributed by atoms with E-state index in [1.54, 1.807) is 0 Å². The van der Waals surface area contributed by atoms with Crippen molar-refractivity contribution in [2.75, 3.05) is 19.6 Å². The van der Waals surface area contributed by atoms with Crippen molar-refractivity contribution in [1.82, 2.24) is 15.0 Å². The number of aromatic nitrogens is 2. The number of ether oxygens (including phenoxy) is 1. The zero-order valence-electron chi connectivity index (χ0n) is 13.1. The van der Waals surface area contributed by atoms with Crippen molar-refractivity contribution < 1.29 is 9.26 Å². The monoisotopic (exact) mass is 301 g/mol. The smallest absolute Gasteiger partial charge is 0.231 e. The topological polar surface area (TPSA) is 51.4 Å². The molecule has 0 aliphatic carbocycles. The largest absolute Gasteiger partial charge is 0.485 e. The molecule has 0 bridgehead atoms. The predicted molar refractivity (Wildman–Crippen MR) is 83.8 cm³/mol. The third kappa shape index (κ3) is 3.85. The summed E-state index contributed by atoms with van der Waals surface area (Å²) in [6, 6.07) is 9.70. The van der Waals surface area contributed by atoms with Crippen LogP contribution >= 0.6 is 0 Å². The van der Waals surface area contributed by atoms with E-state index in [1.807, 2.05) is 30.3 Å². The van der Waals surface area contributed by atoms with E-state index in [9.17, 15) is 0 Å². The molecule has 0 saturated carbocycles. The van der Waals surface area contributed by atoms with Gasteiger partial charge in [0.25, 0.3) is 0 Å². The lowest BCUT2D eigenvalue weighted by Crippen LogP contribution is -2.34. The van der Waals surface area contributed by atoms with Gasteiger partial charge in [-0.15, -0.1) is 0 Å². The van der Waals surface area contributed by atoms with Crippen LogP contribution in [0.5, 0.6) is 5.75 Å². The highest BCUT2D eigenvalue weighted by Gasteiger charge is 2.25. The Morgan fingerprint density at radius 3 is 3.00 bits per heavy atom. The van der Waals surface area contributed by atoms with Crippen LogP contribution in [0.1, 0.15) is 43.8 Å². The molecule has 1 aromatic carbocycles. The quantitative estimate of drug-likeness (QED) is 0.820. The fourth-order valence-corrected chi connectivity index (χ4v) is 2.93. The maximum absolute atomic E-state index is 5.66. The second kappa shape index (κ2) is 7.40. The van der Waals surface area contributed by atoms with Gasteiger partial charge in [0.2, 0.25) is 11.7 Å². The van der Waals surface area contributed by atoms with Crippen molar-refractivity contribution in [1.29, 1.82) is 0 Å². The molecule has 0 spiro atoms. The molecule has 1 aromatic heterocycles. The Balaban J connectivity index is 1.56. The summed E-state index contributed by atoms with van der Waals surface area (Å²) in [7, 11) is 0. The highest BCUT2D eigenvalue weighted by atomic mass is 16.5. The third-order valence-electron chi connectivity index (χ3n) is 3.99. The minimum atomic E-state index is 0.346. The molecule has 22 heavy (non-hydrogen) atoms. The minimum absolute atomic E-state index is 0.346. The molecule has 1 fully saturated rings. The van der Waals surface area contributed by atoms with E-state index < -0.39 is 0 Å². The molecular formula is C17H23N3O2. The van der Waals surface area contributed by atoms with E-state index in [4.69, 9.17) is 9.26 Å². The Kier molecular flexibility index (Phi) is 5.06. The zero-order valence-corrected chi connectivity index (χ0v) is 13.1. The molecule has 1 saturated heterocycles. The number of benzene rings is 1. The molecule has 0 amide bonds. The highest BCUT2D eigenvalue weighted by molar-refractivity contribution is 5.20. The fraction of sp³-hybridized carbons (Fsp3) is 0.529. The average Bonchev–Trinajstić information content (AvgIpc) is 3.04. The van der Waals surface area contributed by atoms with Crippen molar-refractivity contribution in [2.24, 2.45) is 0 Å². The van der Waals surface area contributed by atoms with Crippen LogP contribution in [0.25, 0.3) is 0 Å². The van der Waals surface area contributed by atoms with Gasteiger partial charge in [-0.2, -0.15) is 4.98 Å². The van der Waals surface area contributed by atoms with Crippen LogP contribution in [0, 0.1) is 0 Å². The Bertz CT molecular complexity index is 568. The van der Waals surface area contributed by atoms with Gasteiger partial charge in [-0.1, -0.05) is 30.3 Å². The number of rotatable bonds is 6. The molecule has 118 valence electrons. The predicted octanol–water partition coefficient (Wildman–Crippen LogP) is 3.24. The van der Waals surface area contributed by atoms with Gasteiger partial charge in [0.1, 0.15) is 5.75 Å². The van der Waals surface area contributed by atoms with E-state index in [-0.39, 0.29) is 0 Å². The van der Waals surface area contributed by atoms with Crippen LogP contribution in [-0.2, 0) is 6.61 Å². The van der Waals surface area contributed by atoms with Gasteiger partial charge in [-0.05, 0) is 44.5 Å². The summed E-state index contributed by atoms with van der Waals surface area (Å²) in [5.41, 5.74) is 0. The molecule has 0 N–H and O–H groups in total. The number of hydrogen-bond acceptors (Lipinski definition) is 5. The molecule has 1 aliphatic rings. The normalized spacial score (nSPS) is 19.2. The van der Waals surface area contributed by atoms with Crippen LogP contribution < -0.4 is 4.74 Å². The summed E-state index contributed by atoms with van der Waals surface area (Å²) < 4.78 is 11.1. The molecule has 1 unspecified atom stereocenters. The second-order valence-electron chi connectivity index (χ2n) is 5.79. The average molecular weight is 301 g/mol. The van der Waals surface area contributed by atoms with Gasteiger partial charge in [-0.25, -0.2) is 0 Å². The Morgan fingerprint density at radius 1 is 1.32 bits per heavy atom. The minimum Gasteiger partial charge on any atom is -0.485 e. The lowest BCUT2D eigenvalue weighted by atomic mass is 9.98. The molecule has 2 heterocycles. The van der Waals surface area contributed by atoms with Crippen LogP contribution in [0.4, 0.5) is 0 Å². The summed E-state index contributed by atoms with van der Waals surface area (Å²) in [6.07, 6.45) is 3.51. The summed E-state index contributed by atoms with van der Waals surface area (Å²) >= 11 is 0. The summed E-state index contributed by atoms with van der Waals surface area (Å²) in [6.45, 7) is 5.92. The van der Waals surface area contributed by atoms with Crippen LogP contribution in [-0.4, -0.2) is 34.7 Å². The second-order valence-corrected chi connectivity index (χ2v) is 5.79. The fourth-order valence-electron chi connectivity index (χ4n) is 2.93. The maximum atomic E-state index is 5.66. The van der Waals surface area contributed by atoms with E-state index in [0.29, 0.717) is 18.3 Å². The number of likely N-dealkylation sites (tertiary alicyclic amines) is 1. The van der Waals surface area contributed by atoms with E-state index in [1.165, 1.54) is 19.4 Å². The van der Waals surface area contributed by atoms with Crippen molar-refractivity contribution in [2.45, 2.75) is 38.7 Å². The van der Waals surface area contributed by atoms with Crippen LogP contribution in [0.3, 0.4) is 0 Å². The number of nitrogens with zero attached hydrogens (tertiary/aromatic N) is 3. The maximum Gasteiger partial charge on any atom is 0.231 e. The molecular weight excluding hydrogens is 278 g/mol. The van der Waals surface area contributed by atoms with Crippen LogP contribution in [0.15, 0.2) is 34.9 Å². The third-order valence-corrected chi connectivity index (χ3v) is 3.99. The molecule has 5 heteroatoms. The van der Waals surface area contributed by atoms with Crippen LogP contribution in [0.2, 0.25) is 0 Å². The molecule has 5 nitrogen and oxygen atoms in total. The van der Waals surface area contributed by atoms with Crippen molar-refractivity contribution in [3.63, 3.8) is 0 Å². The molecule has 1 atom stereocenters. The first-order valence-corrected chi connectivity index (χ1v) is 8.08. The van der Waals surface area contributed by atoms with Gasteiger partial charge in [0.15, 0.2) is 6.61 Å². The Hall–Kier alpha value is -1.88. The van der Waals surface area contributed by atoms with Gasteiger partial charge >= 0.3 is 0 Å². The lowest BCUT2D eigenvalue weighted by molar-refractivity contribution is 0.187. The Morgan fingerprint density at radius 2 is 2.18 bits per heavy atom. The van der Waals surface area contributed by atoms with Gasteiger partial charge in [0, 0.05) is 6.54 Å². The zero-order chi connectivity index (χ0) is 15.2. The number of para-hydroxylation sites is 1. The number of piperidine rings is 1. The molecule has 0 radical (unpaired) electrons. The summed E-state index contributed by atoms with van der Waals surface area (Å²) in [4.78, 5) is 7.00. The summed E-state index contributed by atoms with van der Waals surface area (Å²) in [5.74, 6) is 2.55. The SMILES string of the molecule is CCCN1CCCC(c2nc(COc3ccccc3)no2)C1. The molecule has 3 rings (SSSR count). The first-order chi connectivity index (χ1) is 10.8. The van der Waals surface area contributed by atoms with Crippen molar-refractivity contribution in [3.05, 3.63) is 42.0 Å². The van der Waals surface area contributed by atoms with E-state index in [2.05, 4.69) is 22.0 Å². The van der Waals surface area contributed by atoms with E-state index >= 15 is 0 Å². The van der Waals surface area contributed by atoms with Gasteiger partial charge in [-0.3, -0.25) is 0 Å². The van der Waals surface area contributed by atoms with Gasteiger partial charge in [0.05, 0.1) is 5.92 Å². The first kappa shape index (κ1) is 15.0. The Labute approximate surface area is 131 Å². The highest BCUT2D eigenvalue weighted by Crippen LogP contribution is 2.25. The first-order valence-electron chi connectivity index (χ1n) is 8.08. The standard InChI is InChI=1S/C17H23N3O2/c1-2-10-20-11-6-7-14(12-20)17-18-16(19-22-17)13-21-15-8-4-3-5-9-15/h3-5,8-9,14H,2,6-7,10-13H2,1H3. The molecule has 2 aromatic rings.